The number of rotatable bonds is 25. The van der Waals surface area contributed by atoms with Crippen molar-refractivity contribution in [2.75, 3.05) is 46.1 Å². The predicted octanol–water partition coefficient (Wildman–Crippen LogP) is 5.00. The van der Waals surface area contributed by atoms with Gasteiger partial charge in [0.25, 0.3) is 0 Å². The first-order chi connectivity index (χ1) is 18.5. The van der Waals surface area contributed by atoms with Gasteiger partial charge in [0.05, 0.1) is 44.7 Å². The third-order valence-corrected chi connectivity index (χ3v) is 7.05. The van der Waals surface area contributed by atoms with E-state index >= 15 is 0 Å². The molecule has 8 nitrogen and oxygen atoms in total. The number of unbranched alkanes of at least 4 members (excludes halogenated alkanes) is 12. The number of hydrogen-bond donors (Lipinski definition) is 2. The summed E-state index contributed by atoms with van der Waals surface area (Å²) >= 11 is 0. The van der Waals surface area contributed by atoms with Gasteiger partial charge in [0.15, 0.2) is 0 Å². The summed E-state index contributed by atoms with van der Waals surface area (Å²) in [6.45, 7) is 8.16. The van der Waals surface area contributed by atoms with Gasteiger partial charge in [-0.15, -0.1) is 0 Å². The molecule has 0 spiro atoms. The minimum Gasteiger partial charge on any atom is -0.394 e. The van der Waals surface area contributed by atoms with Crippen molar-refractivity contribution >= 4 is 11.8 Å². The van der Waals surface area contributed by atoms with Crippen LogP contribution in [-0.2, 0) is 23.8 Å². The van der Waals surface area contributed by atoms with Crippen LogP contribution in [0.1, 0.15) is 117 Å². The summed E-state index contributed by atoms with van der Waals surface area (Å²) in [5.41, 5.74) is 0. The molecule has 1 rings (SSSR count). The molecule has 8 heteroatoms. The molecule has 0 aromatic heterocycles. The number of nitrogens with zero attached hydrogens (tertiary/aromatic N) is 1. The fraction of sp³-hybridized carbons (Fsp3) is 0.933. The zero-order valence-corrected chi connectivity index (χ0v) is 24.7. The summed E-state index contributed by atoms with van der Waals surface area (Å²) < 4.78 is 16.7. The Kier molecular flexibility index (Phi) is 21.7. The van der Waals surface area contributed by atoms with Gasteiger partial charge in [0.2, 0.25) is 11.8 Å². The van der Waals surface area contributed by atoms with Gasteiger partial charge < -0.3 is 29.5 Å². The van der Waals surface area contributed by atoms with E-state index in [2.05, 4.69) is 12.2 Å². The van der Waals surface area contributed by atoms with Crippen molar-refractivity contribution in [2.24, 2.45) is 0 Å². The summed E-state index contributed by atoms with van der Waals surface area (Å²) in [7, 11) is 0. The standard InChI is InChI=1S/C30H58N2O6/c1-4-5-6-7-8-9-10-11-12-13-14-15-16-17-29(34)31-18-19-36-20-21-37-25-30(35)32-23-28(38-26(2)3)22-27(32)24-33/h26-28,33H,4-25H2,1-3H3,(H,31,34)/t27-,28+/m0/s1. The van der Waals surface area contributed by atoms with Crippen molar-refractivity contribution in [3.05, 3.63) is 0 Å². The Bertz CT molecular complexity index is 589. The second-order valence-corrected chi connectivity index (χ2v) is 10.9. The lowest BCUT2D eigenvalue weighted by atomic mass is 10.0. The van der Waals surface area contributed by atoms with E-state index in [0.29, 0.717) is 45.8 Å². The van der Waals surface area contributed by atoms with Gasteiger partial charge in [-0.05, 0) is 26.7 Å². The number of aliphatic hydroxyl groups excluding tert-OH is 1. The van der Waals surface area contributed by atoms with Crippen LogP contribution >= 0.6 is 0 Å². The topological polar surface area (TPSA) is 97.3 Å². The highest BCUT2D eigenvalue weighted by molar-refractivity contribution is 5.78. The van der Waals surface area contributed by atoms with E-state index in [1.165, 1.54) is 70.6 Å². The summed E-state index contributed by atoms with van der Waals surface area (Å²) in [6.07, 6.45) is 18.2. The van der Waals surface area contributed by atoms with Crippen molar-refractivity contribution in [1.29, 1.82) is 0 Å². The number of ether oxygens (including phenoxy) is 3. The van der Waals surface area contributed by atoms with E-state index in [0.717, 1.165) is 12.8 Å². The number of carbonyl (C=O) groups excluding carboxylic acids is 2. The van der Waals surface area contributed by atoms with E-state index in [1.54, 1.807) is 4.90 Å². The first-order valence-corrected chi connectivity index (χ1v) is 15.5. The zero-order chi connectivity index (χ0) is 27.8. The van der Waals surface area contributed by atoms with Gasteiger partial charge in [-0.1, -0.05) is 84.0 Å². The number of amides is 2. The van der Waals surface area contributed by atoms with E-state index in [-0.39, 0.29) is 43.3 Å². The van der Waals surface area contributed by atoms with Crippen LogP contribution in [0, 0.1) is 0 Å². The van der Waals surface area contributed by atoms with Crippen LogP contribution in [0.25, 0.3) is 0 Å². The molecule has 0 radical (unpaired) electrons. The van der Waals surface area contributed by atoms with Crippen LogP contribution in [-0.4, -0.2) is 86.2 Å². The Morgan fingerprint density at radius 1 is 0.868 bits per heavy atom. The minimum atomic E-state index is -0.213. The molecule has 2 atom stereocenters. The van der Waals surface area contributed by atoms with Crippen molar-refractivity contribution in [2.45, 2.75) is 135 Å². The maximum Gasteiger partial charge on any atom is 0.248 e. The van der Waals surface area contributed by atoms with Gasteiger partial charge in [0.1, 0.15) is 6.61 Å². The quantitative estimate of drug-likeness (QED) is 0.158. The molecule has 0 saturated carbocycles. The van der Waals surface area contributed by atoms with Gasteiger partial charge in [-0.3, -0.25) is 9.59 Å². The molecule has 0 bridgehead atoms. The Morgan fingerprint density at radius 2 is 1.45 bits per heavy atom. The lowest BCUT2D eigenvalue weighted by Gasteiger charge is -2.22. The second kappa shape index (κ2) is 23.6. The van der Waals surface area contributed by atoms with Gasteiger partial charge in [-0.2, -0.15) is 0 Å². The van der Waals surface area contributed by atoms with E-state index in [1.807, 2.05) is 13.8 Å². The van der Waals surface area contributed by atoms with Gasteiger partial charge >= 0.3 is 0 Å². The number of nitrogens with one attached hydrogen (secondary N) is 1. The Labute approximate surface area is 232 Å². The lowest BCUT2D eigenvalue weighted by Crippen LogP contribution is -2.40. The Morgan fingerprint density at radius 3 is 2.03 bits per heavy atom. The lowest BCUT2D eigenvalue weighted by molar-refractivity contribution is -0.138. The third-order valence-electron chi connectivity index (χ3n) is 7.05. The summed E-state index contributed by atoms with van der Waals surface area (Å²) in [4.78, 5) is 26.0. The molecule has 1 aliphatic rings. The molecule has 0 aromatic carbocycles. The molecular weight excluding hydrogens is 484 g/mol. The van der Waals surface area contributed by atoms with E-state index in [9.17, 15) is 14.7 Å². The third kappa shape index (κ3) is 18.1. The fourth-order valence-electron chi connectivity index (χ4n) is 4.95. The highest BCUT2D eigenvalue weighted by atomic mass is 16.5. The smallest absolute Gasteiger partial charge is 0.248 e. The number of carbonyl (C=O) groups is 2. The number of aliphatic hydroxyl groups is 1. The second-order valence-electron chi connectivity index (χ2n) is 10.9. The molecule has 1 heterocycles. The SMILES string of the molecule is CCCCCCCCCCCCCCCC(=O)NCCOCCOCC(=O)N1C[C@H](OC(C)C)C[C@H]1CO. The van der Waals surface area contributed by atoms with Gasteiger partial charge in [-0.25, -0.2) is 0 Å². The van der Waals surface area contributed by atoms with Crippen LogP contribution < -0.4 is 5.32 Å². The number of hydrogen-bond acceptors (Lipinski definition) is 6. The molecule has 1 aliphatic heterocycles. The minimum absolute atomic E-state index is 0.0376. The molecular formula is C30H58N2O6. The monoisotopic (exact) mass is 542 g/mol. The maximum absolute atomic E-state index is 12.4. The summed E-state index contributed by atoms with van der Waals surface area (Å²) in [5, 5.41) is 12.5. The average Bonchev–Trinajstić information content (AvgIpc) is 3.30. The van der Waals surface area contributed by atoms with Crippen molar-refractivity contribution in [1.82, 2.24) is 10.2 Å². The molecule has 2 N–H and O–H groups in total. The molecule has 224 valence electrons. The normalized spacial score (nSPS) is 17.4. The highest BCUT2D eigenvalue weighted by Gasteiger charge is 2.35. The molecule has 0 aromatic rings. The largest absolute Gasteiger partial charge is 0.394 e. The average molecular weight is 543 g/mol. The highest BCUT2D eigenvalue weighted by Crippen LogP contribution is 2.21. The van der Waals surface area contributed by atoms with Crippen LogP contribution in [0.2, 0.25) is 0 Å². The van der Waals surface area contributed by atoms with E-state index < -0.39 is 0 Å². The molecule has 38 heavy (non-hydrogen) atoms. The van der Waals surface area contributed by atoms with Gasteiger partial charge in [0, 0.05) is 19.5 Å². The summed E-state index contributed by atoms with van der Waals surface area (Å²) in [6, 6.07) is -0.213. The van der Waals surface area contributed by atoms with Crippen LogP contribution in [0.4, 0.5) is 0 Å². The predicted molar refractivity (Wildman–Crippen MR) is 152 cm³/mol. The zero-order valence-electron chi connectivity index (χ0n) is 24.7. The van der Waals surface area contributed by atoms with Crippen LogP contribution in [0.3, 0.4) is 0 Å². The molecule has 2 amide bonds. The molecule has 0 aliphatic carbocycles. The first kappa shape index (κ1) is 34.8. The molecule has 1 fully saturated rings. The van der Waals surface area contributed by atoms with Crippen molar-refractivity contribution in [3.8, 4) is 0 Å². The maximum atomic E-state index is 12.4. The van der Waals surface area contributed by atoms with Crippen LogP contribution in [0.15, 0.2) is 0 Å². The Hall–Kier alpha value is -1.22. The summed E-state index contributed by atoms with van der Waals surface area (Å²) in [5.74, 6) is -0.0540. The Balaban J connectivity index is 1.88. The fourth-order valence-corrected chi connectivity index (χ4v) is 4.95. The first-order valence-electron chi connectivity index (χ1n) is 15.5. The van der Waals surface area contributed by atoms with Crippen molar-refractivity contribution in [3.63, 3.8) is 0 Å². The molecule has 1 saturated heterocycles. The van der Waals surface area contributed by atoms with Crippen LogP contribution in [0.5, 0.6) is 0 Å². The van der Waals surface area contributed by atoms with Crippen molar-refractivity contribution < 1.29 is 28.9 Å². The van der Waals surface area contributed by atoms with E-state index in [4.69, 9.17) is 14.2 Å². The number of likely N-dealkylation sites (tertiary alicyclic amines) is 1. The molecule has 0 unspecified atom stereocenters.